The highest BCUT2D eigenvalue weighted by Crippen LogP contribution is 2.27. The molecule has 0 fully saturated rings. The Morgan fingerprint density at radius 1 is 1.34 bits per heavy atom. The molecule has 1 aromatic heterocycles. The average Bonchev–Trinajstić information content (AvgIpc) is 3.45. The molecule has 9 nitrogen and oxygen atoms in total. The molecule has 2 aliphatic rings. The van der Waals surface area contributed by atoms with Crippen molar-refractivity contribution in [3.8, 4) is 5.75 Å². The number of urea groups is 1. The van der Waals surface area contributed by atoms with Crippen LogP contribution in [0, 0.1) is 0 Å². The second-order valence-electron chi connectivity index (χ2n) is 7.72. The van der Waals surface area contributed by atoms with E-state index >= 15 is 0 Å². The Balaban J connectivity index is 1.27. The maximum absolute atomic E-state index is 12.3. The number of carbonyl (C=O) groups excluding carboxylic acids is 1. The fraction of sp³-hybridized carbons (Fsp3) is 0.500. The fourth-order valence-corrected chi connectivity index (χ4v) is 3.32. The number of ether oxygens (including phenoxy) is 1. The number of aryl methyl sites for hydroxylation is 1. The van der Waals surface area contributed by atoms with E-state index in [1.807, 2.05) is 32.9 Å². The van der Waals surface area contributed by atoms with Gasteiger partial charge in [0.2, 0.25) is 5.89 Å². The zero-order chi connectivity index (χ0) is 20.4. The van der Waals surface area contributed by atoms with Gasteiger partial charge < -0.3 is 24.7 Å². The Bertz CT molecular complexity index is 937. The second kappa shape index (κ2) is 7.73. The highest BCUT2D eigenvalue weighted by Gasteiger charge is 2.29. The van der Waals surface area contributed by atoms with E-state index in [1.165, 1.54) is 5.56 Å². The van der Waals surface area contributed by atoms with Crippen molar-refractivity contribution in [3.05, 3.63) is 41.0 Å². The lowest BCUT2D eigenvalue weighted by atomic mass is 10.0. The molecule has 0 spiro atoms. The van der Waals surface area contributed by atoms with Crippen molar-refractivity contribution in [3.63, 3.8) is 0 Å². The molecule has 0 saturated heterocycles. The van der Waals surface area contributed by atoms with Crippen LogP contribution < -0.4 is 15.4 Å². The number of oxime groups is 1. The standard InChI is InChI=1S/C20H25N5O4/c1-4-17-22-18(25-29-17)20(2,3)23-19(26)21-11-14-10-15(24-28-14)12-5-6-16-13(9-12)7-8-27-16/h5-6,9,14H,4,7-8,10-11H2,1-3H3,(H2,21,23,26). The number of nitrogens with one attached hydrogen (secondary N) is 2. The van der Waals surface area contributed by atoms with Gasteiger partial charge in [0, 0.05) is 19.3 Å². The first-order chi connectivity index (χ1) is 13.9. The summed E-state index contributed by atoms with van der Waals surface area (Å²) in [5.74, 6) is 1.92. The third-order valence-electron chi connectivity index (χ3n) is 5.00. The van der Waals surface area contributed by atoms with E-state index in [1.54, 1.807) is 0 Å². The molecule has 9 heteroatoms. The van der Waals surface area contributed by atoms with Crippen molar-refractivity contribution in [2.24, 2.45) is 5.16 Å². The van der Waals surface area contributed by atoms with Crippen molar-refractivity contribution < 1.29 is 18.9 Å². The van der Waals surface area contributed by atoms with Crippen LogP contribution in [0.25, 0.3) is 0 Å². The van der Waals surface area contributed by atoms with Crippen LogP contribution in [0.4, 0.5) is 4.79 Å². The maximum atomic E-state index is 12.3. The largest absolute Gasteiger partial charge is 0.493 e. The van der Waals surface area contributed by atoms with Gasteiger partial charge in [0.15, 0.2) is 11.9 Å². The number of nitrogens with zero attached hydrogens (tertiary/aromatic N) is 3. The Labute approximate surface area is 168 Å². The molecule has 2 aliphatic heterocycles. The number of fused-ring (bicyclic) bond motifs is 1. The first-order valence-corrected chi connectivity index (χ1v) is 9.82. The van der Waals surface area contributed by atoms with Crippen LogP contribution in [-0.4, -0.2) is 41.1 Å². The molecular weight excluding hydrogens is 374 g/mol. The summed E-state index contributed by atoms with van der Waals surface area (Å²) in [6.07, 6.45) is 1.99. The smallest absolute Gasteiger partial charge is 0.315 e. The SMILES string of the molecule is CCc1nc(C(C)(C)NC(=O)NCC2CC(c3ccc4c(c3)CCO4)=NO2)no1. The van der Waals surface area contributed by atoms with Crippen molar-refractivity contribution in [2.75, 3.05) is 13.2 Å². The molecule has 4 rings (SSSR count). The lowest BCUT2D eigenvalue weighted by Gasteiger charge is -2.23. The maximum Gasteiger partial charge on any atom is 0.315 e. The molecular formula is C20H25N5O4. The summed E-state index contributed by atoms with van der Waals surface area (Å²) in [4.78, 5) is 22.1. The molecule has 1 atom stereocenters. The minimum atomic E-state index is -0.758. The lowest BCUT2D eigenvalue weighted by molar-refractivity contribution is 0.0862. The summed E-state index contributed by atoms with van der Waals surface area (Å²) in [5.41, 5.74) is 2.35. The van der Waals surface area contributed by atoms with Crippen LogP contribution >= 0.6 is 0 Å². The van der Waals surface area contributed by atoms with E-state index in [0.29, 0.717) is 31.1 Å². The van der Waals surface area contributed by atoms with Crippen molar-refractivity contribution >= 4 is 11.7 Å². The van der Waals surface area contributed by atoms with Crippen molar-refractivity contribution in [2.45, 2.75) is 51.7 Å². The number of amides is 2. The van der Waals surface area contributed by atoms with Gasteiger partial charge in [-0.2, -0.15) is 4.98 Å². The number of benzene rings is 1. The van der Waals surface area contributed by atoms with Crippen LogP contribution in [0.2, 0.25) is 0 Å². The van der Waals surface area contributed by atoms with Gasteiger partial charge in [0.1, 0.15) is 5.75 Å². The quantitative estimate of drug-likeness (QED) is 0.771. The molecule has 1 unspecified atom stereocenters. The van der Waals surface area contributed by atoms with Gasteiger partial charge in [-0.05, 0) is 43.2 Å². The van der Waals surface area contributed by atoms with Gasteiger partial charge >= 0.3 is 6.03 Å². The summed E-state index contributed by atoms with van der Waals surface area (Å²) in [5, 5.41) is 13.8. The predicted molar refractivity (Wildman–Crippen MR) is 105 cm³/mol. The Hall–Kier alpha value is -3.10. The molecule has 0 aliphatic carbocycles. The number of carbonyl (C=O) groups is 1. The van der Waals surface area contributed by atoms with Crippen LogP contribution in [-0.2, 0) is 23.2 Å². The molecule has 2 N–H and O–H groups in total. The summed E-state index contributed by atoms with van der Waals surface area (Å²) in [6.45, 7) is 6.64. The Morgan fingerprint density at radius 3 is 3.00 bits per heavy atom. The monoisotopic (exact) mass is 399 g/mol. The summed E-state index contributed by atoms with van der Waals surface area (Å²) >= 11 is 0. The summed E-state index contributed by atoms with van der Waals surface area (Å²) < 4.78 is 10.7. The molecule has 0 bridgehead atoms. The predicted octanol–water partition coefficient (Wildman–Crippen LogP) is 2.29. The number of hydrogen-bond donors (Lipinski definition) is 2. The number of hydrogen-bond acceptors (Lipinski definition) is 7. The molecule has 154 valence electrons. The van der Waals surface area contributed by atoms with Gasteiger partial charge in [-0.15, -0.1) is 0 Å². The Kier molecular flexibility index (Phi) is 5.12. The zero-order valence-corrected chi connectivity index (χ0v) is 16.8. The van der Waals surface area contributed by atoms with Crippen LogP contribution in [0.5, 0.6) is 5.75 Å². The zero-order valence-electron chi connectivity index (χ0n) is 16.8. The summed E-state index contributed by atoms with van der Waals surface area (Å²) in [7, 11) is 0. The van der Waals surface area contributed by atoms with Crippen LogP contribution in [0.1, 0.15) is 50.0 Å². The van der Waals surface area contributed by atoms with E-state index in [2.05, 4.69) is 32.0 Å². The highest BCUT2D eigenvalue weighted by atomic mass is 16.6. The van der Waals surface area contributed by atoms with Gasteiger partial charge in [0.05, 0.1) is 24.4 Å². The fourth-order valence-electron chi connectivity index (χ4n) is 3.32. The second-order valence-corrected chi connectivity index (χ2v) is 7.72. The average molecular weight is 399 g/mol. The minimum Gasteiger partial charge on any atom is -0.493 e. The third kappa shape index (κ3) is 4.18. The Morgan fingerprint density at radius 2 is 2.21 bits per heavy atom. The number of rotatable bonds is 6. The molecule has 1 aromatic carbocycles. The van der Waals surface area contributed by atoms with Gasteiger partial charge in [-0.25, -0.2) is 4.79 Å². The van der Waals surface area contributed by atoms with E-state index in [-0.39, 0.29) is 12.1 Å². The van der Waals surface area contributed by atoms with Crippen LogP contribution in [0.15, 0.2) is 27.9 Å². The molecule has 2 aromatic rings. The molecule has 29 heavy (non-hydrogen) atoms. The van der Waals surface area contributed by atoms with Gasteiger partial charge in [-0.1, -0.05) is 17.2 Å². The molecule has 3 heterocycles. The highest BCUT2D eigenvalue weighted by molar-refractivity contribution is 6.01. The van der Waals surface area contributed by atoms with E-state index < -0.39 is 5.54 Å². The van der Waals surface area contributed by atoms with E-state index in [0.717, 1.165) is 30.1 Å². The molecule has 0 radical (unpaired) electrons. The van der Waals surface area contributed by atoms with Gasteiger partial charge in [0.25, 0.3) is 0 Å². The van der Waals surface area contributed by atoms with E-state index in [4.69, 9.17) is 14.1 Å². The van der Waals surface area contributed by atoms with Crippen molar-refractivity contribution in [1.29, 1.82) is 0 Å². The lowest BCUT2D eigenvalue weighted by Crippen LogP contribution is -2.48. The normalized spacial score (nSPS) is 17.9. The van der Waals surface area contributed by atoms with Crippen LogP contribution in [0.3, 0.4) is 0 Å². The summed E-state index contributed by atoms with van der Waals surface area (Å²) in [6, 6.07) is 5.74. The molecule has 2 amide bonds. The van der Waals surface area contributed by atoms with E-state index in [9.17, 15) is 4.79 Å². The minimum absolute atomic E-state index is 0.208. The first kappa shape index (κ1) is 19.2. The van der Waals surface area contributed by atoms with Crippen molar-refractivity contribution in [1.82, 2.24) is 20.8 Å². The topological polar surface area (TPSA) is 111 Å². The van der Waals surface area contributed by atoms with Gasteiger partial charge in [-0.3, -0.25) is 0 Å². The third-order valence-corrected chi connectivity index (χ3v) is 5.00. The first-order valence-electron chi connectivity index (χ1n) is 9.82. The number of aromatic nitrogens is 2. The molecule has 0 saturated carbocycles.